The number of phenols is 1. The number of methoxy groups -OCH3 is 2. The zero-order valence-corrected chi connectivity index (χ0v) is 24.3. The first-order valence-corrected chi connectivity index (χ1v) is 14.4. The quantitative estimate of drug-likeness (QED) is 0.149. The molecule has 0 bridgehead atoms. The Labute approximate surface area is 239 Å². The highest BCUT2D eigenvalue weighted by atomic mass is 16.5. The van der Waals surface area contributed by atoms with Gasteiger partial charge >= 0.3 is 0 Å². The number of anilines is 1. The summed E-state index contributed by atoms with van der Waals surface area (Å²) in [4.78, 5) is 0. The Kier molecular flexibility index (Phi) is 14.5. The van der Waals surface area contributed by atoms with Crippen molar-refractivity contribution in [1.82, 2.24) is 5.32 Å². The van der Waals surface area contributed by atoms with Crippen molar-refractivity contribution in [3.05, 3.63) is 53.6 Å². The molecule has 0 aromatic heterocycles. The number of unbranched alkanes of at least 4 members (excludes halogenated alkanes) is 1. The zero-order chi connectivity index (χ0) is 28.6. The summed E-state index contributed by atoms with van der Waals surface area (Å²) in [5, 5.41) is 26.7. The molecule has 4 N–H and O–H groups in total. The van der Waals surface area contributed by atoms with Gasteiger partial charge in [0, 0.05) is 59.6 Å². The van der Waals surface area contributed by atoms with Gasteiger partial charge in [-0.25, -0.2) is 0 Å². The van der Waals surface area contributed by atoms with E-state index in [-0.39, 0.29) is 23.9 Å². The number of nitrogens with one attached hydrogen (secondary N) is 2. The maximum absolute atomic E-state index is 10.3. The highest BCUT2D eigenvalue weighted by molar-refractivity contribution is 5.57. The molecule has 0 spiro atoms. The molecular weight excluding hydrogens is 512 g/mol. The van der Waals surface area contributed by atoms with E-state index in [1.165, 1.54) is 0 Å². The molecule has 40 heavy (non-hydrogen) atoms. The van der Waals surface area contributed by atoms with E-state index in [4.69, 9.17) is 23.7 Å². The van der Waals surface area contributed by atoms with E-state index in [0.29, 0.717) is 58.2 Å². The van der Waals surface area contributed by atoms with Crippen molar-refractivity contribution in [3.63, 3.8) is 0 Å². The van der Waals surface area contributed by atoms with Gasteiger partial charge < -0.3 is 44.5 Å². The van der Waals surface area contributed by atoms with Crippen LogP contribution in [0.15, 0.2) is 42.5 Å². The van der Waals surface area contributed by atoms with Crippen LogP contribution >= 0.6 is 0 Å². The molecule has 9 nitrogen and oxygen atoms in total. The molecular formula is C31H48N2O7. The summed E-state index contributed by atoms with van der Waals surface area (Å²) in [6, 6.07) is 13.7. The number of benzene rings is 2. The first-order chi connectivity index (χ1) is 19.5. The van der Waals surface area contributed by atoms with Gasteiger partial charge in [-0.3, -0.25) is 0 Å². The number of aliphatic hydroxyl groups is 1. The van der Waals surface area contributed by atoms with Crippen molar-refractivity contribution in [2.45, 2.75) is 63.4 Å². The Bertz CT molecular complexity index is 957. The van der Waals surface area contributed by atoms with Crippen LogP contribution in [-0.2, 0) is 25.6 Å². The molecule has 1 fully saturated rings. The van der Waals surface area contributed by atoms with Crippen LogP contribution in [0.5, 0.6) is 11.5 Å². The zero-order valence-electron chi connectivity index (χ0n) is 24.3. The van der Waals surface area contributed by atoms with Crippen molar-refractivity contribution < 1.29 is 33.9 Å². The van der Waals surface area contributed by atoms with Gasteiger partial charge in [0.25, 0.3) is 0 Å². The summed E-state index contributed by atoms with van der Waals surface area (Å²) in [5.74, 6) is 1.06. The van der Waals surface area contributed by atoms with Crippen molar-refractivity contribution >= 4 is 5.69 Å². The largest absolute Gasteiger partial charge is 0.506 e. The van der Waals surface area contributed by atoms with Crippen molar-refractivity contribution in [1.29, 1.82) is 0 Å². The Morgan fingerprint density at radius 3 is 2.33 bits per heavy atom. The fraction of sp³-hybridized carbons (Fsp3) is 0.613. The van der Waals surface area contributed by atoms with Crippen LogP contribution in [0.3, 0.4) is 0 Å². The lowest BCUT2D eigenvalue weighted by Crippen LogP contribution is -2.50. The third kappa shape index (κ3) is 10.9. The number of rotatable bonds is 19. The highest BCUT2D eigenvalue weighted by Crippen LogP contribution is 2.33. The van der Waals surface area contributed by atoms with Crippen LogP contribution in [0.2, 0.25) is 0 Å². The van der Waals surface area contributed by atoms with Crippen LogP contribution in [0.4, 0.5) is 5.69 Å². The molecule has 9 heteroatoms. The van der Waals surface area contributed by atoms with E-state index in [1.807, 2.05) is 24.3 Å². The summed E-state index contributed by atoms with van der Waals surface area (Å²) in [5.41, 5.74) is 2.79. The molecule has 224 valence electrons. The average Bonchev–Trinajstić information content (AvgIpc) is 2.95. The Balaban J connectivity index is 1.67. The number of hydrogen-bond donors (Lipinski definition) is 4. The molecule has 4 atom stereocenters. The minimum atomic E-state index is -0.408. The third-order valence-electron chi connectivity index (χ3n) is 7.00. The molecule has 1 aliphatic rings. The summed E-state index contributed by atoms with van der Waals surface area (Å²) in [6.45, 7) is 6.82. The highest BCUT2D eigenvalue weighted by Gasteiger charge is 2.36. The fourth-order valence-corrected chi connectivity index (χ4v) is 4.79. The van der Waals surface area contributed by atoms with Crippen LogP contribution in [0.1, 0.15) is 49.7 Å². The van der Waals surface area contributed by atoms with Gasteiger partial charge in [-0.2, -0.15) is 0 Å². The predicted molar refractivity (Wildman–Crippen MR) is 156 cm³/mol. The lowest BCUT2D eigenvalue weighted by Gasteiger charge is -2.39. The van der Waals surface area contributed by atoms with E-state index >= 15 is 0 Å². The second kappa shape index (κ2) is 18.1. The molecule has 1 saturated heterocycles. The maximum atomic E-state index is 10.3. The average molecular weight is 561 g/mol. The van der Waals surface area contributed by atoms with Crippen LogP contribution < -0.4 is 15.4 Å². The van der Waals surface area contributed by atoms with E-state index < -0.39 is 6.10 Å². The first-order valence-electron chi connectivity index (χ1n) is 14.4. The second-order valence-corrected chi connectivity index (χ2v) is 10.3. The SMILES string of the molecule is COCCCCOc1ccc([C@@H]2[C@@H](OCc3ccc(O)c(NCCCOC)c3)CNC[C@H]2OCCC(C)O)cc1. The summed E-state index contributed by atoms with van der Waals surface area (Å²) in [6.07, 6.45) is 2.71. The lowest BCUT2D eigenvalue weighted by molar-refractivity contribution is -0.0639. The van der Waals surface area contributed by atoms with E-state index in [2.05, 4.69) is 22.8 Å². The molecule has 2 aromatic rings. The van der Waals surface area contributed by atoms with E-state index in [9.17, 15) is 10.2 Å². The minimum absolute atomic E-state index is 0.00903. The Morgan fingerprint density at radius 2 is 1.60 bits per heavy atom. The van der Waals surface area contributed by atoms with Crippen molar-refractivity contribution in [2.24, 2.45) is 0 Å². The second-order valence-electron chi connectivity index (χ2n) is 10.3. The number of ether oxygens (including phenoxy) is 5. The Morgan fingerprint density at radius 1 is 0.900 bits per heavy atom. The normalized spacial score (nSPS) is 19.9. The van der Waals surface area contributed by atoms with Gasteiger partial charge in [-0.05, 0) is 68.0 Å². The van der Waals surface area contributed by atoms with Gasteiger partial charge in [0.2, 0.25) is 0 Å². The maximum Gasteiger partial charge on any atom is 0.138 e. The van der Waals surface area contributed by atoms with Gasteiger partial charge in [0.15, 0.2) is 0 Å². The molecule has 3 rings (SSSR count). The summed E-state index contributed by atoms with van der Waals surface area (Å²) >= 11 is 0. The molecule has 2 aromatic carbocycles. The standard InChI is InChI=1S/C31H48N2O7/c1-23(34)13-18-39-29-20-32-21-30(31(29)25-8-10-26(11-9-25)38-17-5-4-15-36-2)40-22-24-7-12-28(35)27(19-24)33-14-6-16-37-3/h7-12,19,23,29-35H,4-6,13-18,20-22H2,1-3H3/t23?,29-,30+,31+/m1/s1. The Hall–Kier alpha value is -2.40. The van der Waals surface area contributed by atoms with Gasteiger partial charge in [-0.15, -0.1) is 0 Å². The number of hydrogen-bond acceptors (Lipinski definition) is 9. The number of aliphatic hydroxyl groups excluding tert-OH is 1. The monoisotopic (exact) mass is 560 g/mol. The number of piperidine rings is 1. The van der Waals surface area contributed by atoms with Crippen LogP contribution in [-0.4, -0.2) is 88.8 Å². The van der Waals surface area contributed by atoms with Gasteiger partial charge in [-0.1, -0.05) is 18.2 Å². The first kappa shape index (κ1) is 32.1. The molecule has 0 amide bonds. The number of aromatic hydroxyl groups is 1. The van der Waals surface area contributed by atoms with Crippen molar-refractivity contribution in [2.75, 3.05) is 65.6 Å². The molecule has 0 radical (unpaired) electrons. The molecule has 1 aliphatic heterocycles. The molecule has 1 heterocycles. The van der Waals surface area contributed by atoms with Gasteiger partial charge in [0.1, 0.15) is 11.5 Å². The summed E-state index contributed by atoms with van der Waals surface area (Å²) < 4.78 is 28.9. The molecule has 0 aliphatic carbocycles. The van der Waals surface area contributed by atoms with Crippen LogP contribution in [0, 0.1) is 0 Å². The predicted octanol–water partition coefficient (Wildman–Crippen LogP) is 4.07. The summed E-state index contributed by atoms with van der Waals surface area (Å²) in [7, 11) is 3.39. The third-order valence-corrected chi connectivity index (χ3v) is 7.00. The minimum Gasteiger partial charge on any atom is -0.506 e. The topological polar surface area (TPSA) is 111 Å². The smallest absolute Gasteiger partial charge is 0.138 e. The van der Waals surface area contributed by atoms with Crippen molar-refractivity contribution in [3.8, 4) is 11.5 Å². The van der Waals surface area contributed by atoms with E-state index in [0.717, 1.165) is 42.7 Å². The number of phenolic OH excluding ortho intramolecular Hbond substituents is 1. The molecule has 0 saturated carbocycles. The van der Waals surface area contributed by atoms with E-state index in [1.54, 1.807) is 27.2 Å². The fourth-order valence-electron chi connectivity index (χ4n) is 4.79. The van der Waals surface area contributed by atoms with Gasteiger partial charge in [0.05, 0.1) is 37.2 Å². The van der Waals surface area contributed by atoms with Crippen LogP contribution in [0.25, 0.3) is 0 Å². The molecule has 1 unspecified atom stereocenters. The lowest BCUT2D eigenvalue weighted by atomic mass is 9.85.